The van der Waals surface area contributed by atoms with E-state index in [-0.39, 0.29) is 18.6 Å². The standard InChI is InChI=1S/C27H31N3O5/c31-25(32)14-24(26(33)28-17-13-18-7-5-6-12-30(18)15-17)29-27(34)35-16-23-21-10-3-1-8-19(21)20-9-2-4-11-22(20)23/h1-4,8-11,17-18,23-24H,5-7,12-16H2,(H,28,33)(H,29,34)(H,31,32). The second-order valence-electron chi connectivity index (χ2n) is 9.71. The van der Waals surface area contributed by atoms with Gasteiger partial charge in [-0.25, -0.2) is 4.79 Å². The molecule has 2 aromatic carbocycles. The van der Waals surface area contributed by atoms with Crippen LogP contribution in [0.4, 0.5) is 4.79 Å². The fraction of sp³-hybridized carbons (Fsp3) is 0.444. The van der Waals surface area contributed by atoms with Gasteiger partial charge in [0.2, 0.25) is 5.91 Å². The van der Waals surface area contributed by atoms with Gasteiger partial charge in [-0.05, 0) is 48.1 Å². The molecule has 3 aliphatic rings. The molecule has 8 heteroatoms. The van der Waals surface area contributed by atoms with Crippen molar-refractivity contribution in [3.63, 3.8) is 0 Å². The van der Waals surface area contributed by atoms with E-state index in [1.165, 1.54) is 12.8 Å². The number of carbonyl (C=O) groups excluding carboxylic acids is 2. The van der Waals surface area contributed by atoms with E-state index in [4.69, 9.17) is 4.74 Å². The van der Waals surface area contributed by atoms with Crippen LogP contribution in [0.2, 0.25) is 0 Å². The highest BCUT2D eigenvalue weighted by molar-refractivity contribution is 5.89. The predicted octanol–water partition coefficient (Wildman–Crippen LogP) is 3.11. The lowest BCUT2D eigenvalue weighted by molar-refractivity contribution is -0.140. The monoisotopic (exact) mass is 477 g/mol. The number of carboxylic acids is 1. The summed E-state index contributed by atoms with van der Waals surface area (Å²) in [5, 5.41) is 14.8. The van der Waals surface area contributed by atoms with Crippen LogP contribution in [0, 0.1) is 0 Å². The summed E-state index contributed by atoms with van der Waals surface area (Å²) in [6, 6.07) is 15.3. The van der Waals surface area contributed by atoms with Crippen molar-refractivity contribution in [2.75, 3.05) is 19.7 Å². The largest absolute Gasteiger partial charge is 0.481 e. The van der Waals surface area contributed by atoms with Crippen LogP contribution in [0.3, 0.4) is 0 Å². The van der Waals surface area contributed by atoms with Gasteiger partial charge in [-0.2, -0.15) is 0 Å². The first-order valence-electron chi connectivity index (χ1n) is 12.4. The van der Waals surface area contributed by atoms with Crippen LogP contribution in [0.1, 0.15) is 49.1 Å². The van der Waals surface area contributed by atoms with E-state index in [1.54, 1.807) is 0 Å². The molecule has 0 aromatic heterocycles. The van der Waals surface area contributed by atoms with Crippen molar-refractivity contribution >= 4 is 18.0 Å². The van der Waals surface area contributed by atoms with E-state index in [0.29, 0.717) is 6.04 Å². The predicted molar refractivity (Wildman–Crippen MR) is 130 cm³/mol. The highest BCUT2D eigenvalue weighted by atomic mass is 16.5. The van der Waals surface area contributed by atoms with Gasteiger partial charge in [0.15, 0.2) is 0 Å². The molecule has 2 fully saturated rings. The maximum Gasteiger partial charge on any atom is 0.407 e. The van der Waals surface area contributed by atoms with Crippen LogP contribution in [0.15, 0.2) is 48.5 Å². The van der Waals surface area contributed by atoms with Gasteiger partial charge < -0.3 is 20.5 Å². The highest BCUT2D eigenvalue weighted by Crippen LogP contribution is 2.44. The van der Waals surface area contributed by atoms with E-state index in [9.17, 15) is 19.5 Å². The Morgan fingerprint density at radius 1 is 1.03 bits per heavy atom. The molecule has 0 bridgehead atoms. The topological polar surface area (TPSA) is 108 Å². The van der Waals surface area contributed by atoms with Gasteiger partial charge in [0.25, 0.3) is 0 Å². The van der Waals surface area contributed by atoms with Crippen molar-refractivity contribution in [2.24, 2.45) is 0 Å². The number of alkyl carbamates (subject to hydrolysis) is 1. The number of carbonyl (C=O) groups is 3. The normalized spacial score (nSPS) is 21.9. The summed E-state index contributed by atoms with van der Waals surface area (Å²) in [5.74, 6) is -1.76. The first-order chi connectivity index (χ1) is 17.0. The molecule has 3 N–H and O–H groups in total. The molecule has 2 aromatic rings. The number of benzene rings is 2. The van der Waals surface area contributed by atoms with Gasteiger partial charge >= 0.3 is 12.1 Å². The summed E-state index contributed by atoms with van der Waals surface area (Å²) < 4.78 is 5.52. The summed E-state index contributed by atoms with van der Waals surface area (Å²) in [4.78, 5) is 39.3. The number of ether oxygens (including phenoxy) is 1. The molecule has 1 aliphatic carbocycles. The van der Waals surface area contributed by atoms with E-state index in [2.05, 4.69) is 27.7 Å². The van der Waals surface area contributed by atoms with E-state index in [1.807, 2.05) is 36.4 Å². The number of nitrogens with one attached hydrogen (secondary N) is 2. The van der Waals surface area contributed by atoms with Crippen molar-refractivity contribution in [3.05, 3.63) is 59.7 Å². The number of nitrogens with zero attached hydrogens (tertiary/aromatic N) is 1. The van der Waals surface area contributed by atoms with Crippen LogP contribution >= 0.6 is 0 Å². The van der Waals surface area contributed by atoms with Crippen molar-refractivity contribution in [3.8, 4) is 11.1 Å². The molecular formula is C27H31N3O5. The van der Waals surface area contributed by atoms with Gasteiger partial charge in [-0.3, -0.25) is 14.5 Å². The molecule has 2 aliphatic heterocycles. The van der Waals surface area contributed by atoms with Crippen molar-refractivity contribution in [2.45, 2.75) is 56.1 Å². The quantitative estimate of drug-likeness (QED) is 0.566. The zero-order valence-electron chi connectivity index (χ0n) is 19.6. The number of amides is 2. The molecule has 35 heavy (non-hydrogen) atoms. The van der Waals surface area contributed by atoms with Crippen LogP contribution in [-0.4, -0.2) is 65.8 Å². The molecular weight excluding hydrogens is 446 g/mol. The number of rotatable bonds is 7. The minimum Gasteiger partial charge on any atom is -0.481 e. The molecule has 2 amide bonds. The average Bonchev–Trinajstić information content (AvgIpc) is 3.40. The van der Waals surface area contributed by atoms with Crippen molar-refractivity contribution in [1.82, 2.24) is 15.5 Å². The van der Waals surface area contributed by atoms with Gasteiger partial charge in [-0.1, -0.05) is 55.0 Å². The number of hydrogen-bond donors (Lipinski definition) is 3. The molecule has 2 heterocycles. The second-order valence-corrected chi connectivity index (χ2v) is 9.71. The summed E-state index contributed by atoms with van der Waals surface area (Å²) in [6.45, 7) is 1.90. The van der Waals surface area contributed by atoms with Gasteiger partial charge in [0.05, 0.1) is 6.42 Å². The highest BCUT2D eigenvalue weighted by Gasteiger charge is 2.36. The van der Waals surface area contributed by atoms with Crippen molar-refractivity contribution in [1.29, 1.82) is 0 Å². The van der Waals surface area contributed by atoms with Crippen LogP contribution < -0.4 is 10.6 Å². The Morgan fingerprint density at radius 2 is 1.71 bits per heavy atom. The van der Waals surface area contributed by atoms with Crippen LogP contribution in [-0.2, 0) is 14.3 Å². The number of carboxylic acid groups (broad SMARTS) is 1. The molecule has 0 saturated carbocycles. The fourth-order valence-electron chi connectivity index (χ4n) is 5.83. The first-order valence-corrected chi connectivity index (χ1v) is 12.4. The second kappa shape index (κ2) is 10.1. The van der Waals surface area contributed by atoms with Crippen LogP contribution in [0.25, 0.3) is 11.1 Å². The smallest absolute Gasteiger partial charge is 0.407 e. The summed E-state index contributed by atoms with van der Waals surface area (Å²) in [7, 11) is 0. The third-order valence-corrected chi connectivity index (χ3v) is 7.44. The molecule has 8 nitrogen and oxygen atoms in total. The number of fused-ring (bicyclic) bond motifs is 4. The Bertz CT molecular complexity index is 1060. The van der Waals surface area contributed by atoms with Gasteiger partial charge in [0, 0.05) is 24.5 Å². The average molecular weight is 478 g/mol. The number of hydrogen-bond acceptors (Lipinski definition) is 5. The lowest BCUT2D eigenvalue weighted by Gasteiger charge is -2.28. The molecule has 0 radical (unpaired) electrons. The Morgan fingerprint density at radius 3 is 2.37 bits per heavy atom. The van der Waals surface area contributed by atoms with Gasteiger partial charge in [-0.15, -0.1) is 0 Å². The van der Waals surface area contributed by atoms with E-state index in [0.717, 1.165) is 48.2 Å². The third kappa shape index (κ3) is 5.03. The molecule has 3 atom stereocenters. The zero-order valence-corrected chi connectivity index (χ0v) is 19.6. The number of piperidine rings is 1. The SMILES string of the molecule is O=C(O)CC(NC(=O)OCC1c2ccccc2-c2ccccc21)C(=O)NC1CC2CCCCN2C1. The molecule has 5 rings (SSSR count). The molecule has 2 saturated heterocycles. The lowest BCUT2D eigenvalue weighted by Crippen LogP contribution is -2.51. The minimum atomic E-state index is -1.19. The minimum absolute atomic E-state index is 0.0359. The maximum atomic E-state index is 12.9. The Balaban J connectivity index is 1.20. The summed E-state index contributed by atoms with van der Waals surface area (Å²) in [5.41, 5.74) is 4.40. The van der Waals surface area contributed by atoms with Gasteiger partial charge in [0.1, 0.15) is 12.6 Å². The Kier molecular flexibility index (Phi) is 6.72. The molecule has 0 spiro atoms. The van der Waals surface area contributed by atoms with Crippen LogP contribution in [0.5, 0.6) is 0 Å². The van der Waals surface area contributed by atoms with E-state index < -0.39 is 30.4 Å². The summed E-state index contributed by atoms with van der Waals surface area (Å²) in [6.07, 6.45) is 3.06. The first kappa shape index (κ1) is 23.4. The third-order valence-electron chi connectivity index (χ3n) is 7.44. The molecule has 3 unspecified atom stereocenters. The molecule has 184 valence electrons. The number of aliphatic carboxylic acids is 1. The van der Waals surface area contributed by atoms with Crippen molar-refractivity contribution < 1.29 is 24.2 Å². The summed E-state index contributed by atoms with van der Waals surface area (Å²) >= 11 is 0. The Labute approximate surface area is 204 Å². The zero-order chi connectivity index (χ0) is 24.4. The fourth-order valence-corrected chi connectivity index (χ4v) is 5.83. The lowest BCUT2D eigenvalue weighted by atomic mass is 9.98. The Hall–Kier alpha value is -3.39. The van der Waals surface area contributed by atoms with E-state index >= 15 is 0 Å². The maximum absolute atomic E-state index is 12.9.